The predicted molar refractivity (Wildman–Crippen MR) is 115 cm³/mol. The van der Waals surface area contributed by atoms with Crippen LogP contribution in [0.5, 0.6) is 23.0 Å². The van der Waals surface area contributed by atoms with E-state index in [0.717, 1.165) is 10.9 Å². The van der Waals surface area contributed by atoms with Gasteiger partial charge in [-0.05, 0) is 36.8 Å². The molecule has 1 aromatic heterocycles. The predicted octanol–water partition coefficient (Wildman–Crippen LogP) is 2.66. The molecule has 0 aliphatic carbocycles. The summed E-state index contributed by atoms with van der Waals surface area (Å²) in [7, 11) is 4.53. The van der Waals surface area contributed by atoms with Crippen LogP contribution in [0.3, 0.4) is 0 Å². The summed E-state index contributed by atoms with van der Waals surface area (Å²) in [5, 5.41) is 4.71. The molecule has 1 N–H and O–H groups in total. The fraction of sp³-hybridized carbons (Fsp3) is 0.227. The Morgan fingerprint density at radius 2 is 1.77 bits per heavy atom. The van der Waals surface area contributed by atoms with Gasteiger partial charge in [0.05, 0.1) is 27.5 Å². The number of rotatable bonds is 8. The van der Waals surface area contributed by atoms with Crippen molar-refractivity contribution in [3.8, 4) is 23.0 Å². The van der Waals surface area contributed by atoms with Crippen LogP contribution in [0.4, 0.5) is 0 Å². The fourth-order valence-corrected chi connectivity index (χ4v) is 2.93. The largest absolute Gasteiger partial charge is 0.493 e. The molecule has 31 heavy (non-hydrogen) atoms. The minimum Gasteiger partial charge on any atom is -0.493 e. The third kappa shape index (κ3) is 5.13. The maximum atomic E-state index is 12.0. The second-order valence-electron chi connectivity index (χ2n) is 6.45. The summed E-state index contributed by atoms with van der Waals surface area (Å²) in [6.07, 6.45) is 1.44. The van der Waals surface area contributed by atoms with E-state index in [2.05, 4.69) is 10.5 Å². The highest BCUT2D eigenvalue weighted by Gasteiger charge is 2.12. The van der Waals surface area contributed by atoms with Gasteiger partial charge in [-0.25, -0.2) is 10.2 Å². The number of hydrogen-bond donors (Lipinski definition) is 1. The van der Waals surface area contributed by atoms with Crippen molar-refractivity contribution < 1.29 is 28.2 Å². The van der Waals surface area contributed by atoms with E-state index < -0.39 is 11.5 Å². The zero-order valence-electron chi connectivity index (χ0n) is 17.6. The molecule has 0 spiro atoms. The molecular formula is C22H22N2O7. The smallest absolute Gasteiger partial charge is 0.336 e. The quantitative estimate of drug-likeness (QED) is 0.335. The van der Waals surface area contributed by atoms with Gasteiger partial charge in [0, 0.05) is 23.1 Å². The first-order valence-corrected chi connectivity index (χ1v) is 9.24. The lowest BCUT2D eigenvalue weighted by Gasteiger charge is -2.12. The molecule has 0 aliphatic heterocycles. The highest BCUT2D eigenvalue weighted by molar-refractivity contribution is 5.85. The van der Waals surface area contributed by atoms with Crippen molar-refractivity contribution in [2.75, 3.05) is 27.9 Å². The number of nitrogens with zero attached hydrogens (tertiary/aromatic N) is 1. The minimum atomic E-state index is -0.463. The highest BCUT2D eigenvalue weighted by Crippen LogP contribution is 2.37. The molecule has 2 aromatic carbocycles. The number of ether oxygens (including phenoxy) is 4. The lowest BCUT2D eigenvalue weighted by molar-refractivity contribution is -0.123. The molecule has 0 unspecified atom stereocenters. The number of benzene rings is 2. The molecule has 1 amide bonds. The Labute approximate surface area is 178 Å². The number of carbonyl (C=O) groups is 1. The Hall–Kier alpha value is -4.01. The van der Waals surface area contributed by atoms with Crippen molar-refractivity contribution in [1.82, 2.24) is 5.43 Å². The molecule has 0 bridgehead atoms. The van der Waals surface area contributed by atoms with Crippen LogP contribution in [0.15, 0.2) is 50.7 Å². The van der Waals surface area contributed by atoms with Crippen molar-refractivity contribution in [3.63, 3.8) is 0 Å². The van der Waals surface area contributed by atoms with Crippen molar-refractivity contribution in [2.45, 2.75) is 6.92 Å². The van der Waals surface area contributed by atoms with Crippen LogP contribution in [0.2, 0.25) is 0 Å². The van der Waals surface area contributed by atoms with Gasteiger partial charge in [-0.15, -0.1) is 0 Å². The van der Waals surface area contributed by atoms with Gasteiger partial charge in [-0.3, -0.25) is 4.79 Å². The third-order valence-electron chi connectivity index (χ3n) is 4.38. The van der Waals surface area contributed by atoms with E-state index in [9.17, 15) is 9.59 Å². The molecule has 3 rings (SSSR count). The average molecular weight is 426 g/mol. The molecule has 1 heterocycles. The number of fused-ring (bicyclic) bond motifs is 1. The van der Waals surface area contributed by atoms with Gasteiger partial charge < -0.3 is 23.4 Å². The van der Waals surface area contributed by atoms with E-state index in [-0.39, 0.29) is 6.61 Å². The van der Waals surface area contributed by atoms with Gasteiger partial charge in [-0.2, -0.15) is 5.10 Å². The van der Waals surface area contributed by atoms with Crippen LogP contribution < -0.4 is 30.0 Å². The van der Waals surface area contributed by atoms with E-state index in [4.69, 9.17) is 23.4 Å². The normalized spacial score (nSPS) is 10.8. The summed E-state index contributed by atoms with van der Waals surface area (Å²) in [4.78, 5) is 23.6. The van der Waals surface area contributed by atoms with Gasteiger partial charge in [0.2, 0.25) is 5.75 Å². The second-order valence-corrected chi connectivity index (χ2v) is 6.45. The Kier molecular flexibility index (Phi) is 6.76. The summed E-state index contributed by atoms with van der Waals surface area (Å²) < 4.78 is 26.4. The molecule has 0 saturated carbocycles. The third-order valence-corrected chi connectivity index (χ3v) is 4.38. The number of nitrogens with one attached hydrogen (secondary N) is 1. The maximum Gasteiger partial charge on any atom is 0.336 e. The van der Waals surface area contributed by atoms with Gasteiger partial charge in [0.25, 0.3) is 5.91 Å². The molecule has 0 saturated heterocycles. The fourth-order valence-electron chi connectivity index (χ4n) is 2.93. The van der Waals surface area contributed by atoms with E-state index in [1.807, 2.05) is 6.92 Å². The van der Waals surface area contributed by atoms with Crippen molar-refractivity contribution in [3.05, 3.63) is 57.9 Å². The number of hydrogen-bond acceptors (Lipinski definition) is 8. The lowest BCUT2D eigenvalue weighted by atomic mass is 10.1. The molecule has 9 nitrogen and oxygen atoms in total. The SMILES string of the molecule is COc1cc(C=NNC(=O)COc2ccc3c(C)cc(=O)oc3c2)cc(OC)c1OC. The first-order chi connectivity index (χ1) is 14.9. The Morgan fingerprint density at radius 1 is 1.06 bits per heavy atom. The van der Waals surface area contributed by atoms with Crippen LogP contribution >= 0.6 is 0 Å². The van der Waals surface area contributed by atoms with Gasteiger partial charge in [-0.1, -0.05) is 0 Å². The van der Waals surface area contributed by atoms with Crippen LogP contribution in [0, 0.1) is 6.92 Å². The average Bonchev–Trinajstić information content (AvgIpc) is 2.76. The first-order valence-electron chi connectivity index (χ1n) is 9.24. The minimum absolute atomic E-state index is 0.270. The van der Waals surface area contributed by atoms with E-state index in [0.29, 0.717) is 34.1 Å². The zero-order chi connectivity index (χ0) is 22.4. The van der Waals surface area contributed by atoms with Gasteiger partial charge >= 0.3 is 5.63 Å². The van der Waals surface area contributed by atoms with E-state index in [1.165, 1.54) is 33.6 Å². The van der Waals surface area contributed by atoms with Crippen molar-refractivity contribution in [1.29, 1.82) is 0 Å². The first kappa shape index (κ1) is 21.7. The molecule has 0 aliphatic rings. The molecule has 3 aromatic rings. The van der Waals surface area contributed by atoms with Crippen molar-refractivity contribution in [2.24, 2.45) is 5.10 Å². The number of methoxy groups -OCH3 is 3. The van der Waals surface area contributed by atoms with Gasteiger partial charge in [0.15, 0.2) is 18.1 Å². The summed E-state index contributed by atoms with van der Waals surface area (Å²) in [6.45, 7) is 1.55. The van der Waals surface area contributed by atoms with Crippen LogP contribution in [0.1, 0.15) is 11.1 Å². The van der Waals surface area contributed by atoms with Crippen LogP contribution in [0.25, 0.3) is 11.0 Å². The van der Waals surface area contributed by atoms with E-state index >= 15 is 0 Å². The van der Waals surface area contributed by atoms with E-state index in [1.54, 1.807) is 30.3 Å². The zero-order valence-corrected chi connectivity index (χ0v) is 17.6. The highest BCUT2D eigenvalue weighted by atomic mass is 16.5. The van der Waals surface area contributed by atoms with Gasteiger partial charge in [0.1, 0.15) is 11.3 Å². The molecule has 0 atom stereocenters. The number of amides is 1. The topological polar surface area (TPSA) is 109 Å². The molecule has 9 heteroatoms. The summed E-state index contributed by atoms with van der Waals surface area (Å²) >= 11 is 0. The number of aryl methyl sites for hydroxylation is 1. The Balaban J connectivity index is 1.62. The number of carbonyl (C=O) groups excluding carboxylic acids is 1. The van der Waals surface area contributed by atoms with Crippen LogP contribution in [-0.4, -0.2) is 40.1 Å². The monoisotopic (exact) mass is 426 g/mol. The molecule has 162 valence electrons. The molecular weight excluding hydrogens is 404 g/mol. The number of hydrazone groups is 1. The maximum absolute atomic E-state index is 12.0. The summed E-state index contributed by atoms with van der Waals surface area (Å²) in [6, 6.07) is 9.83. The molecule has 0 radical (unpaired) electrons. The molecule has 0 fully saturated rings. The Morgan fingerprint density at radius 3 is 2.42 bits per heavy atom. The lowest BCUT2D eigenvalue weighted by Crippen LogP contribution is -2.24. The standard InChI is InChI=1S/C22H22N2O7/c1-13-7-21(26)31-17-10-15(5-6-16(13)17)30-12-20(25)24-23-11-14-8-18(27-2)22(29-4)19(9-14)28-3/h5-11H,12H2,1-4H3,(H,24,25). The van der Waals surface area contributed by atoms with Crippen LogP contribution in [-0.2, 0) is 4.79 Å². The summed E-state index contributed by atoms with van der Waals surface area (Å²) in [5.41, 5.74) is 3.77. The van der Waals surface area contributed by atoms with Crippen molar-refractivity contribution >= 4 is 23.1 Å². The Bertz CT molecular complexity index is 1160. The summed E-state index contributed by atoms with van der Waals surface area (Å²) in [5.74, 6) is 1.33. The second kappa shape index (κ2) is 9.66.